The molecule has 2 aromatic carbocycles. The van der Waals surface area contributed by atoms with Crippen molar-refractivity contribution in [1.29, 1.82) is 0 Å². The highest BCUT2D eigenvalue weighted by atomic mass is 19.1. The molecule has 2 N–H and O–H groups in total. The number of halogens is 1. The fourth-order valence-electron chi connectivity index (χ4n) is 2.74. The van der Waals surface area contributed by atoms with Gasteiger partial charge in [0.2, 0.25) is 5.91 Å². The van der Waals surface area contributed by atoms with E-state index in [9.17, 15) is 14.0 Å². The first-order valence-corrected chi connectivity index (χ1v) is 7.56. The zero-order valence-corrected chi connectivity index (χ0v) is 12.8. The molecule has 5 heteroatoms. The third-order valence-corrected chi connectivity index (χ3v) is 4.05. The number of carbonyl (C=O) groups is 2. The fraction of sp³-hybridized carbons (Fsp3) is 0.222. The van der Waals surface area contributed by atoms with Gasteiger partial charge in [0, 0.05) is 5.56 Å². The highest BCUT2D eigenvalue weighted by Gasteiger charge is 2.42. The Bertz CT molecular complexity index is 743. The number of hydrogen-bond donors (Lipinski definition) is 1. The first-order chi connectivity index (χ1) is 11.1. The molecule has 0 aliphatic carbocycles. The van der Waals surface area contributed by atoms with E-state index in [-0.39, 0.29) is 24.1 Å². The number of quaternary nitrogens is 1. The summed E-state index contributed by atoms with van der Waals surface area (Å²) < 4.78 is 13.6. The smallest absolute Gasteiger partial charge is 0.292 e. The van der Waals surface area contributed by atoms with Gasteiger partial charge in [-0.25, -0.2) is 9.29 Å². The van der Waals surface area contributed by atoms with Crippen molar-refractivity contribution in [1.82, 2.24) is 0 Å². The molecule has 1 aliphatic heterocycles. The standard InChI is InChI=1S/C18H17FN2O2/c1-12-6-8-14(9-7-12)21-17(22)10-16(18(21)23)20-11-13-4-2-3-5-15(13)19/h2-9,16,20H,10-11H2,1H3/p+1. The highest BCUT2D eigenvalue weighted by molar-refractivity contribution is 6.21. The van der Waals surface area contributed by atoms with Gasteiger partial charge in [0.05, 0.1) is 12.1 Å². The van der Waals surface area contributed by atoms with Gasteiger partial charge in [-0.05, 0) is 25.1 Å². The van der Waals surface area contributed by atoms with Crippen LogP contribution in [0.5, 0.6) is 0 Å². The van der Waals surface area contributed by atoms with Crippen molar-refractivity contribution in [3.63, 3.8) is 0 Å². The number of hydrogen-bond acceptors (Lipinski definition) is 2. The van der Waals surface area contributed by atoms with Gasteiger partial charge < -0.3 is 5.32 Å². The van der Waals surface area contributed by atoms with Crippen LogP contribution in [0.3, 0.4) is 0 Å². The van der Waals surface area contributed by atoms with Gasteiger partial charge in [0.25, 0.3) is 5.91 Å². The van der Waals surface area contributed by atoms with Crippen LogP contribution in [0.15, 0.2) is 48.5 Å². The van der Waals surface area contributed by atoms with E-state index in [1.54, 1.807) is 35.6 Å². The molecule has 0 saturated carbocycles. The lowest BCUT2D eigenvalue weighted by atomic mass is 10.2. The van der Waals surface area contributed by atoms with Crippen LogP contribution in [0.2, 0.25) is 0 Å². The van der Waals surface area contributed by atoms with Crippen molar-refractivity contribution in [2.24, 2.45) is 0 Å². The van der Waals surface area contributed by atoms with Crippen LogP contribution in [-0.2, 0) is 16.1 Å². The fourth-order valence-corrected chi connectivity index (χ4v) is 2.74. The van der Waals surface area contributed by atoms with Crippen molar-refractivity contribution < 1.29 is 19.3 Å². The molecule has 3 rings (SSSR count). The van der Waals surface area contributed by atoms with Gasteiger partial charge in [-0.3, -0.25) is 9.59 Å². The number of nitrogens with zero attached hydrogens (tertiary/aromatic N) is 1. The van der Waals surface area contributed by atoms with Gasteiger partial charge in [-0.15, -0.1) is 0 Å². The minimum atomic E-state index is -0.497. The van der Waals surface area contributed by atoms with Crippen LogP contribution in [0.4, 0.5) is 10.1 Å². The first kappa shape index (κ1) is 15.4. The number of nitrogens with two attached hydrogens (primary N) is 1. The largest absolute Gasteiger partial charge is 0.332 e. The summed E-state index contributed by atoms with van der Waals surface area (Å²) in [6.07, 6.45) is 0.140. The number of carbonyl (C=O) groups excluding carboxylic acids is 2. The predicted octanol–water partition coefficient (Wildman–Crippen LogP) is 1.53. The number of imide groups is 1. The van der Waals surface area contributed by atoms with Crippen LogP contribution in [0.25, 0.3) is 0 Å². The van der Waals surface area contributed by atoms with Crippen LogP contribution < -0.4 is 10.2 Å². The second-order valence-electron chi connectivity index (χ2n) is 5.74. The Labute approximate surface area is 133 Å². The number of anilines is 1. The van der Waals surface area contributed by atoms with E-state index >= 15 is 0 Å². The van der Waals surface area contributed by atoms with Crippen molar-refractivity contribution in [3.8, 4) is 0 Å². The zero-order chi connectivity index (χ0) is 16.4. The molecule has 0 spiro atoms. The van der Waals surface area contributed by atoms with Crippen LogP contribution in [0.1, 0.15) is 17.5 Å². The lowest BCUT2D eigenvalue weighted by molar-refractivity contribution is -0.690. The van der Waals surface area contributed by atoms with E-state index < -0.39 is 6.04 Å². The molecule has 1 atom stereocenters. The average molecular weight is 313 g/mol. The average Bonchev–Trinajstić information content (AvgIpc) is 2.82. The van der Waals surface area contributed by atoms with E-state index in [0.717, 1.165) is 5.56 Å². The quantitative estimate of drug-likeness (QED) is 0.870. The molecular weight excluding hydrogens is 295 g/mol. The molecule has 1 fully saturated rings. The molecule has 23 heavy (non-hydrogen) atoms. The van der Waals surface area contributed by atoms with Crippen molar-refractivity contribution in [2.45, 2.75) is 25.9 Å². The second kappa shape index (κ2) is 6.30. The molecule has 1 saturated heterocycles. The minimum Gasteiger partial charge on any atom is -0.332 e. The van der Waals surface area contributed by atoms with Crippen LogP contribution >= 0.6 is 0 Å². The van der Waals surface area contributed by atoms with Crippen LogP contribution in [0, 0.1) is 12.7 Å². The minimum absolute atomic E-state index is 0.140. The molecule has 1 unspecified atom stereocenters. The van der Waals surface area contributed by atoms with Crippen LogP contribution in [-0.4, -0.2) is 17.9 Å². The Morgan fingerprint density at radius 3 is 2.52 bits per heavy atom. The third kappa shape index (κ3) is 3.14. The summed E-state index contributed by atoms with van der Waals surface area (Å²) in [5.41, 5.74) is 2.18. The van der Waals surface area contributed by atoms with Gasteiger partial charge in [-0.1, -0.05) is 35.9 Å². The second-order valence-corrected chi connectivity index (χ2v) is 5.74. The maximum Gasteiger partial charge on any atom is 0.292 e. The summed E-state index contributed by atoms with van der Waals surface area (Å²) in [5, 5.41) is 1.73. The van der Waals surface area contributed by atoms with Crippen molar-refractivity contribution in [2.75, 3.05) is 4.90 Å². The van der Waals surface area contributed by atoms with Crippen molar-refractivity contribution in [3.05, 3.63) is 65.5 Å². The van der Waals surface area contributed by atoms with Gasteiger partial charge in [0.1, 0.15) is 12.4 Å². The molecule has 2 aromatic rings. The summed E-state index contributed by atoms with van der Waals surface area (Å²) in [5.74, 6) is -0.750. The lowest BCUT2D eigenvalue weighted by Crippen LogP contribution is -2.90. The molecule has 0 bridgehead atoms. The topological polar surface area (TPSA) is 54.0 Å². The number of amides is 2. The summed E-state index contributed by atoms with van der Waals surface area (Å²) >= 11 is 0. The Morgan fingerprint density at radius 2 is 1.83 bits per heavy atom. The molecule has 4 nitrogen and oxygen atoms in total. The van der Waals surface area contributed by atoms with Crippen molar-refractivity contribution >= 4 is 17.5 Å². The summed E-state index contributed by atoms with van der Waals surface area (Å²) in [6, 6.07) is 13.2. The normalized spacial score (nSPS) is 17.8. The monoisotopic (exact) mass is 313 g/mol. The first-order valence-electron chi connectivity index (χ1n) is 7.56. The SMILES string of the molecule is Cc1ccc(N2C(=O)CC([NH2+]Cc3ccccc3F)C2=O)cc1. The summed E-state index contributed by atoms with van der Waals surface area (Å²) in [7, 11) is 0. The van der Waals surface area contributed by atoms with E-state index in [1.165, 1.54) is 11.0 Å². The molecule has 0 radical (unpaired) electrons. The molecule has 0 aromatic heterocycles. The maximum absolute atomic E-state index is 13.6. The maximum atomic E-state index is 13.6. The van der Waals surface area contributed by atoms with Gasteiger partial charge >= 0.3 is 0 Å². The predicted molar refractivity (Wildman–Crippen MR) is 84.1 cm³/mol. The molecule has 1 heterocycles. The Balaban J connectivity index is 1.71. The lowest BCUT2D eigenvalue weighted by Gasteiger charge is -2.14. The molecule has 1 aliphatic rings. The number of rotatable bonds is 4. The van der Waals surface area contributed by atoms with E-state index in [2.05, 4.69) is 0 Å². The molecule has 118 valence electrons. The molecular formula is C18H18FN2O2+. The van der Waals surface area contributed by atoms with E-state index in [4.69, 9.17) is 0 Å². The van der Waals surface area contributed by atoms with E-state index in [1.807, 2.05) is 19.1 Å². The number of aryl methyl sites for hydroxylation is 1. The number of benzene rings is 2. The Kier molecular flexibility index (Phi) is 4.21. The Hall–Kier alpha value is -2.53. The highest BCUT2D eigenvalue weighted by Crippen LogP contribution is 2.22. The zero-order valence-electron chi connectivity index (χ0n) is 12.8. The summed E-state index contributed by atoms with van der Waals surface area (Å²) in [6.45, 7) is 2.28. The third-order valence-electron chi connectivity index (χ3n) is 4.05. The summed E-state index contributed by atoms with van der Waals surface area (Å²) in [4.78, 5) is 25.9. The van der Waals surface area contributed by atoms with Gasteiger partial charge in [0.15, 0.2) is 6.04 Å². The molecule has 2 amide bonds. The van der Waals surface area contributed by atoms with E-state index in [0.29, 0.717) is 17.8 Å². The van der Waals surface area contributed by atoms with Gasteiger partial charge in [-0.2, -0.15) is 0 Å². The Morgan fingerprint density at radius 1 is 1.13 bits per heavy atom.